The molecular formula is C17H18N4O3S. The third kappa shape index (κ3) is 2.67. The highest BCUT2D eigenvalue weighted by Crippen LogP contribution is 2.36. The Morgan fingerprint density at radius 3 is 2.68 bits per heavy atom. The van der Waals surface area contributed by atoms with E-state index >= 15 is 0 Å². The molecular weight excluding hydrogens is 340 g/mol. The largest absolute Gasteiger partial charge is 0.497 e. The molecule has 0 bridgehead atoms. The number of methoxy groups -OCH3 is 1. The number of aromatic nitrogens is 3. The Bertz CT molecular complexity index is 998. The summed E-state index contributed by atoms with van der Waals surface area (Å²) < 4.78 is 34.7. The predicted octanol–water partition coefficient (Wildman–Crippen LogP) is 2.26. The van der Waals surface area contributed by atoms with Crippen molar-refractivity contribution < 1.29 is 13.2 Å². The zero-order valence-electron chi connectivity index (χ0n) is 13.7. The quantitative estimate of drug-likeness (QED) is 0.715. The Morgan fingerprint density at radius 2 is 1.92 bits per heavy atom. The van der Waals surface area contributed by atoms with Gasteiger partial charge < -0.3 is 4.74 Å². The van der Waals surface area contributed by atoms with Crippen LogP contribution in [-0.2, 0) is 10.0 Å². The van der Waals surface area contributed by atoms with E-state index in [1.165, 1.54) is 4.31 Å². The van der Waals surface area contributed by atoms with Crippen molar-refractivity contribution in [1.29, 1.82) is 0 Å². The fourth-order valence-corrected chi connectivity index (χ4v) is 4.91. The minimum absolute atomic E-state index is 0.258. The van der Waals surface area contributed by atoms with E-state index in [1.807, 2.05) is 28.8 Å². The van der Waals surface area contributed by atoms with Crippen LogP contribution in [0.25, 0.3) is 5.65 Å². The average molecular weight is 358 g/mol. The van der Waals surface area contributed by atoms with Crippen molar-refractivity contribution in [2.24, 2.45) is 0 Å². The molecule has 25 heavy (non-hydrogen) atoms. The number of benzene rings is 1. The number of fused-ring (bicyclic) bond motifs is 1. The second kappa shape index (κ2) is 6.12. The average Bonchev–Trinajstić information content (AvgIpc) is 3.28. The third-order valence-corrected chi connectivity index (χ3v) is 6.43. The summed E-state index contributed by atoms with van der Waals surface area (Å²) in [4.78, 5) is 0.258. The highest BCUT2D eigenvalue weighted by Gasteiger charge is 2.38. The van der Waals surface area contributed by atoms with E-state index in [0.717, 1.165) is 12.8 Å². The van der Waals surface area contributed by atoms with Crippen molar-refractivity contribution in [2.45, 2.75) is 23.8 Å². The second-order valence-electron chi connectivity index (χ2n) is 5.94. The lowest BCUT2D eigenvalue weighted by Crippen LogP contribution is -2.31. The fraction of sp³-hybridized carbons (Fsp3) is 0.294. The van der Waals surface area contributed by atoms with Crippen LogP contribution in [0.4, 0.5) is 0 Å². The van der Waals surface area contributed by atoms with Crippen LogP contribution >= 0.6 is 0 Å². The Kier molecular flexibility index (Phi) is 3.93. The van der Waals surface area contributed by atoms with E-state index in [0.29, 0.717) is 23.8 Å². The van der Waals surface area contributed by atoms with Gasteiger partial charge in [0, 0.05) is 12.7 Å². The van der Waals surface area contributed by atoms with E-state index < -0.39 is 10.0 Å². The minimum atomic E-state index is -3.61. The molecule has 1 fully saturated rings. The van der Waals surface area contributed by atoms with Crippen molar-refractivity contribution in [2.75, 3.05) is 13.7 Å². The summed E-state index contributed by atoms with van der Waals surface area (Å²) in [6.07, 6.45) is 3.38. The van der Waals surface area contributed by atoms with Crippen LogP contribution in [0, 0.1) is 0 Å². The standard InChI is InChI=1S/C17H18N4O3S/c1-24-13-7-9-14(10-8-13)25(22,23)21-12-4-5-15(21)17-19-18-16-6-2-3-11-20(16)17/h2-3,6-11,15H,4-5,12H2,1H3/t15-/m1/s1. The number of rotatable bonds is 4. The fourth-order valence-electron chi connectivity index (χ4n) is 3.26. The summed E-state index contributed by atoms with van der Waals surface area (Å²) in [6, 6.07) is 11.8. The van der Waals surface area contributed by atoms with Crippen molar-refractivity contribution >= 4 is 15.7 Å². The Morgan fingerprint density at radius 1 is 1.12 bits per heavy atom. The first-order valence-electron chi connectivity index (χ1n) is 8.07. The zero-order chi connectivity index (χ0) is 17.4. The molecule has 1 atom stereocenters. The minimum Gasteiger partial charge on any atom is -0.497 e. The maximum Gasteiger partial charge on any atom is 0.243 e. The highest BCUT2D eigenvalue weighted by atomic mass is 32.2. The monoisotopic (exact) mass is 358 g/mol. The first-order valence-corrected chi connectivity index (χ1v) is 9.51. The van der Waals surface area contributed by atoms with Gasteiger partial charge in [-0.3, -0.25) is 4.40 Å². The molecule has 130 valence electrons. The first kappa shape index (κ1) is 16.0. The van der Waals surface area contributed by atoms with Crippen LogP contribution in [0.1, 0.15) is 24.7 Å². The molecule has 3 heterocycles. The van der Waals surface area contributed by atoms with Crippen molar-refractivity contribution in [1.82, 2.24) is 18.9 Å². The lowest BCUT2D eigenvalue weighted by Gasteiger charge is -2.23. The number of ether oxygens (including phenoxy) is 1. The molecule has 2 aromatic heterocycles. The Balaban J connectivity index is 1.73. The van der Waals surface area contributed by atoms with E-state index in [2.05, 4.69) is 10.2 Å². The number of sulfonamides is 1. The van der Waals surface area contributed by atoms with Gasteiger partial charge in [-0.25, -0.2) is 8.42 Å². The smallest absolute Gasteiger partial charge is 0.243 e. The molecule has 1 aromatic carbocycles. The van der Waals surface area contributed by atoms with Crippen molar-refractivity contribution in [3.05, 3.63) is 54.5 Å². The lowest BCUT2D eigenvalue weighted by atomic mass is 10.2. The zero-order valence-corrected chi connectivity index (χ0v) is 14.6. The molecule has 0 aliphatic carbocycles. The lowest BCUT2D eigenvalue weighted by molar-refractivity contribution is 0.381. The maximum atomic E-state index is 13.1. The van der Waals surface area contributed by atoms with Crippen LogP contribution in [0.2, 0.25) is 0 Å². The maximum absolute atomic E-state index is 13.1. The molecule has 3 aromatic rings. The molecule has 0 radical (unpaired) electrons. The molecule has 0 saturated carbocycles. The Hall–Kier alpha value is -2.45. The van der Waals surface area contributed by atoms with Gasteiger partial charge in [-0.1, -0.05) is 6.07 Å². The van der Waals surface area contributed by atoms with Gasteiger partial charge in [0.25, 0.3) is 0 Å². The molecule has 1 aliphatic heterocycles. The molecule has 4 rings (SSSR count). The summed E-state index contributed by atoms with van der Waals surface area (Å²) in [5.41, 5.74) is 0.714. The molecule has 0 spiro atoms. The molecule has 0 N–H and O–H groups in total. The number of hydrogen-bond donors (Lipinski definition) is 0. The van der Waals surface area contributed by atoms with Crippen molar-refractivity contribution in [3.8, 4) is 5.75 Å². The molecule has 0 amide bonds. The van der Waals surface area contributed by atoms with E-state index in [4.69, 9.17) is 4.74 Å². The predicted molar refractivity (Wildman–Crippen MR) is 91.8 cm³/mol. The SMILES string of the molecule is COc1ccc(S(=O)(=O)N2CCC[C@@H]2c2nnc3ccccn23)cc1. The van der Waals surface area contributed by atoms with Gasteiger partial charge in [-0.15, -0.1) is 10.2 Å². The van der Waals surface area contributed by atoms with Crippen LogP contribution in [0.5, 0.6) is 5.75 Å². The third-order valence-electron chi connectivity index (χ3n) is 4.51. The van der Waals surface area contributed by atoms with E-state index in [9.17, 15) is 8.42 Å². The van der Waals surface area contributed by atoms with Gasteiger partial charge in [0.2, 0.25) is 10.0 Å². The van der Waals surface area contributed by atoms with Crippen LogP contribution < -0.4 is 4.74 Å². The summed E-state index contributed by atoms with van der Waals surface area (Å²) in [7, 11) is -2.06. The molecule has 7 nitrogen and oxygen atoms in total. The van der Waals surface area contributed by atoms with Gasteiger partial charge in [0.15, 0.2) is 11.5 Å². The molecule has 1 aliphatic rings. The first-order chi connectivity index (χ1) is 12.1. The molecule has 8 heteroatoms. The summed E-state index contributed by atoms with van der Waals surface area (Å²) in [5.74, 6) is 1.28. The van der Waals surface area contributed by atoms with E-state index in [-0.39, 0.29) is 10.9 Å². The summed E-state index contributed by atoms with van der Waals surface area (Å²) in [6.45, 7) is 0.473. The number of hydrogen-bond acceptors (Lipinski definition) is 5. The van der Waals surface area contributed by atoms with Gasteiger partial charge in [0.05, 0.1) is 18.0 Å². The molecule has 0 unspecified atom stereocenters. The number of pyridine rings is 1. The molecule has 1 saturated heterocycles. The Labute approximate surface area is 145 Å². The van der Waals surface area contributed by atoms with Gasteiger partial charge in [0.1, 0.15) is 5.75 Å². The normalized spacial score (nSPS) is 18.7. The summed E-state index contributed by atoms with van der Waals surface area (Å²) in [5, 5.41) is 8.40. The highest BCUT2D eigenvalue weighted by molar-refractivity contribution is 7.89. The summed E-state index contributed by atoms with van der Waals surface area (Å²) >= 11 is 0. The van der Waals surface area contributed by atoms with Gasteiger partial charge >= 0.3 is 0 Å². The topological polar surface area (TPSA) is 76.8 Å². The van der Waals surface area contributed by atoms with Crippen LogP contribution in [-0.4, -0.2) is 41.0 Å². The number of nitrogens with zero attached hydrogens (tertiary/aromatic N) is 4. The van der Waals surface area contributed by atoms with Crippen LogP contribution in [0.15, 0.2) is 53.6 Å². The van der Waals surface area contributed by atoms with E-state index in [1.54, 1.807) is 31.4 Å². The van der Waals surface area contributed by atoms with Crippen molar-refractivity contribution in [3.63, 3.8) is 0 Å². The van der Waals surface area contributed by atoms with Gasteiger partial charge in [-0.05, 0) is 49.2 Å². The van der Waals surface area contributed by atoms with Gasteiger partial charge in [-0.2, -0.15) is 4.31 Å². The second-order valence-corrected chi connectivity index (χ2v) is 7.83. The van der Waals surface area contributed by atoms with Crippen LogP contribution in [0.3, 0.4) is 0 Å².